The van der Waals surface area contributed by atoms with E-state index >= 15 is 0 Å². The van der Waals surface area contributed by atoms with E-state index in [2.05, 4.69) is 32.8 Å². The number of likely N-dealkylation sites (N-methyl/N-ethyl adjacent to an activating group) is 1. The van der Waals surface area contributed by atoms with Gasteiger partial charge in [0.15, 0.2) is 0 Å². The van der Waals surface area contributed by atoms with Crippen LogP contribution in [-0.4, -0.2) is 36.0 Å². The standard InChI is InChI=1S/C13H23N5O/c1-5-6-15-10-7-11(16-8-12(19)14-4)18-13(17-10)9(2)3/h7,9H,5-6,8H2,1-4H3,(H,14,19)(H2,15,16,17,18). The number of hydrogen-bond acceptors (Lipinski definition) is 5. The van der Waals surface area contributed by atoms with Crippen molar-refractivity contribution >= 4 is 17.5 Å². The third-order valence-electron chi connectivity index (χ3n) is 2.52. The van der Waals surface area contributed by atoms with E-state index in [1.165, 1.54) is 0 Å². The fourth-order valence-electron chi connectivity index (χ4n) is 1.42. The van der Waals surface area contributed by atoms with Crippen molar-refractivity contribution in [3.8, 4) is 0 Å². The largest absolute Gasteiger partial charge is 0.370 e. The van der Waals surface area contributed by atoms with Crippen LogP contribution in [0.5, 0.6) is 0 Å². The van der Waals surface area contributed by atoms with Gasteiger partial charge in [0.05, 0.1) is 6.54 Å². The molecule has 106 valence electrons. The van der Waals surface area contributed by atoms with Gasteiger partial charge in [-0.2, -0.15) is 0 Å². The van der Waals surface area contributed by atoms with Crippen molar-refractivity contribution in [2.75, 3.05) is 30.8 Å². The molecule has 0 fully saturated rings. The Balaban J connectivity index is 2.83. The fourth-order valence-corrected chi connectivity index (χ4v) is 1.42. The summed E-state index contributed by atoms with van der Waals surface area (Å²) in [5.74, 6) is 2.39. The molecule has 1 amide bonds. The third-order valence-corrected chi connectivity index (χ3v) is 2.52. The molecule has 0 aromatic carbocycles. The van der Waals surface area contributed by atoms with Crippen molar-refractivity contribution in [1.82, 2.24) is 15.3 Å². The minimum Gasteiger partial charge on any atom is -0.370 e. The Labute approximate surface area is 114 Å². The van der Waals surface area contributed by atoms with E-state index in [-0.39, 0.29) is 18.4 Å². The molecular formula is C13H23N5O. The SMILES string of the molecule is CCCNc1cc(NCC(=O)NC)nc(C(C)C)n1. The molecule has 1 heterocycles. The summed E-state index contributed by atoms with van der Waals surface area (Å²) in [6.07, 6.45) is 1.03. The average molecular weight is 265 g/mol. The Hall–Kier alpha value is -1.85. The number of carbonyl (C=O) groups excluding carboxylic acids is 1. The van der Waals surface area contributed by atoms with E-state index in [1.54, 1.807) is 7.05 Å². The summed E-state index contributed by atoms with van der Waals surface area (Å²) in [5, 5.41) is 8.81. The molecule has 3 N–H and O–H groups in total. The number of hydrogen-bond donors (Lipinski definition) is 3. The minimum absolute atomic E-state index is 0.0761. The first-order valence-electron chi connectivity index (χ1n) is 6.64. The molecule has 19 heavy (non-hydrogen) atoms. The lowest BCUT2D eigenvalue weighted by Crippen LogP contribution is -2.26. The van der Waals surface area contributed by atoms with Crippen molar-refractivity contribution in [3.63, 3.8) is 0 Å². The van der Waals surface area contributed by atoms with E-state index in [0.717, 1.165) is 24.6 Å². The normalized spacial score (nSPS) is 10.4. The molecule has 6 heteroatoms. The van der Waals surface area contributed by atoms with Crippen LogP contribution in [0, 0.1) is 0 Å². The molecule has 1 aromatic heterocycles. The zero-order chi connectivity index (χ0) is 14.3. The predicted octanol–water partition coefficient (Wildman–Crippen LogP) is 1.58. The van der Waals surface area contributed by atoms with Crippen molar-refractivity contribution in [3.05, 3.63) is 11.9 Å². The van der Waals surface area contributed by atoms with Crippen molar-refractivity contribution in [1.29, 1.82) is 0 Å². The van der Waals surface area contributed by atoms with Crippen LogP contribution < -0.4 is 16.0 Å². The molecule has 1 aromatic rings. The topological polar surface area (TPSA) is 78.9 Å². The zero-order valence-electron chi connectivity index (χ0n) is 12.1. The van der Waals surface area contributed by atoms with E-state index < -0.39 is 0 Å². The van der Waals surface area contributed by atoms with E-state index in [1.807, 2.05) is 19.9 Å². The van der Waals surface area contributed by atoms with Gasteiger partial charge in [0, 0.05) is 25.6 Å². The smallest absolute Gasteiger partial charge is 0.239 e. The minimum atomic E-state index is -0.0761. The van der Waals surface area contributed by atoms with Crippen LogP contribution >= 0.6 is 0 Å². The lowest BCUT2D eigenvalue weighted by Gasteiger charge is -2.12. The van der Waals surface area contributed by atoms with E-state index in [4.69, 9.17) is 0 Å². The Morgan fingerprint density at radius 1 is 1.26 bits per heavy atom. The zero-order valence-corrected chi connectivity index (χ0v) is 12.1. The molecule has 0 aliphatic heterocycles. The molecule has 0 spiro atoms. The lowest BCUT2D eigenvalue weighted by atomic mass is 10.2. The Bertz CT molecular complexity index is 419. The highest BCUT2D eigenvalue weighted by Gasteiger charge is 2.08. The van der Waals surface area contributed by atoms with Crippen molar-refractivity contribution < 1.29 is 4.79 Å². The first kappa shape index (κ1) is 15.2. The van der Waals surface area contributed by atoms with Crippen molar-refractivity contribution in [2.24, 2.45) is 0 Å². The van der Waals surface area contributed by atoms with Gasteiger partial charge in [0.2, 0.25) is 5.91 Å². The van der Waals surface area contributed by atoms with Crippen LogP contribution in [0.2, 0.25) is 0 Å². The van der Waals surface area contributed by atoms with Gasteiger partial charge in [-0.15, -0.1) is 0 Å². The van der Waals surface area contributed by atoms with Crippen LogP contribution in [0.25, 0.3) is 0 Å². The number of nitrogens with zero attached hydrogens (tertiary/aromatic N) is 2. The van der Waals surface area contributed by atoms with Gasteiger partial charge < -0.3 is 16.0 Å². The Kier molecular flexibility index (Phi) is 6.05. The fraction of sp³-hybridized carbons (Fsp3) is 0.615. The monoisotopic (exact) mass is 265 g/mol. The molecular weight excluding hydrogens is 242 g/mol. The highest BCUT2D eigenvalue weighted by Crippen LogP contribution is 2.16. The number of aromatic nitrogens is 2. The second-order valence-electron chi connectivity index (χ2n) is 4.60. The number of anilines is 2. The molecule has 0 unspecified atom stereocenters. The highest BCUT2D eigenvalue weighted by atomic mass is 16.1. The maximum absolute atomic E-state index is 11.2. The van der Waals surface area contributed by atoms with E-state index in [0.29, 0.717) is 5.82 Å². The number of nitrogens with one attached hydrogen (secondary N) is 3. The van der Waals surface area contributed by atoms with E-state index in [9.17, 15) is 4.79 Å². The summed E-state index contributed by atoms with van der Waals surface area (Å²) in [6.45, 7) is 7.26. The third kappa shape index (κ3) is 5.11. The maximum atomic E-state index is 11.2. The van der Waals surface area contributed by atoms with Gasteiger partial charge in [-0.05, 0) is 6.42 Å². The highest BCUT2D eigenvalue weighted by molar-refractivity contribution is 5.80. The Morgan fingerprint density at radius 3 is 2.42 bits per heavy atom. The average Bonchev–Trinajstić information content (AvgIpc) is 2.42. The van der Waals surface area contributed by atoms with Crippen LogP contribution in [0.4, 0.5) is 11.6 Å². The summed E-state index contributed by atoms with van der Waals surface area (Å²) < 4.78 is 0. The molecule has 0 aliphatic carbocycles. The molecule has 0 bridgehead atoms. The van der Waals surface area contributed by atoms with Gasteiger partial charge in [-0.1, -0.05) is 20.8 Å². The number of rotatable bonds is 7. The van der Waals surface area contributed by atoms with Crippen LogP contribution in [0.15, 0.2) is 6.07 Å². The first-order valence-corrected chi connectivity index (χ1v) is 6.64. The lowest BCUT2D eigenvalue weighted by molar-refractivity contribution is -0.118. The molecule has 6 nitrogen and oxygen atoms in total. The summed E-state index contributed by atoms with van der Waals surface area (Å²) in [6, 6.07) is 1.82. The molecule has 0 saturated heterocycles. The van der Waals surface area contributed by atoms with Crippen LogP contribution in [0.1, 0.15) is 38.9 Å². The summed E-state index contributed by atoms with van der Waals surface area (Å²) in [5.41, 5.74) is 0. The van der Waals surface area contributed by atoms with Gasteiger partial charge in [0.25, 0.3) is 0 Å². The Morgan fingerprint density at radius 2 is 1.89 bits per heavy atom. The van der Waals surface area contributed by atoms with Crippen LogP contribution in [0.3, 0.4) is 0 Å². The summed E-state index contributed by atoms with van der Waals surface area (Å²) in [4.78, 5) is 20.1. The number of carbonyl (C=O) groups is 1. The van der Waals surface area contributed by atoms with Crippen molar-refractivity contribution in [2.45, 2.75) is 33.1 Å². The molecule has 0 atom stereocenters. The maximum Gasteiger partial charge on any atom is 0.239 e. The first-order chi connectivity index (χ1) is 9.06. The van der Waals surface area contributed by atoms with Crippen LogP contribution in [-0.2, 0) is 4.79 Å². The number of amides is 1. The molecule has 0 saturated carbocycles. The summed E-state index contributed by atoms with van der Waals surface area (Å²) >= 11 is 0. The predicted molar refractivity (Wildman–Crippen MR) is 77.5 cm³/mol. The second-order valence-corrected chi connectivity index (χ2v) is 4.60. The second kappa shape index (κ2) is 7.56. The van der Waals surface area contributed by atoms with Gasteiger partial charge in [-0.3, -0.25) is 4.79 Å². The summed E-state index contributed by atoms with van der Waals surface area (Å²) in [7, 11) is 1.61. The molecule has 0 aliphatic rings. The molecule has 1 rings (SSSR count). The van der Waals surface area contributed by atoms with Gasteiger partial charge >= 0.3 is 0 Å². The van der Waals surface area contributed by atoms with Gasteiger partial charge in [0.1, 0.15) is 17.5 Å². The van der Waals surface area contributed by atoms with Gasteiger partial charge in [-0.25, -0.2) is 9.97 Å². The molecule has 0 radical (unpaired) electrons. The quantitative estimate of drug-likeness (QED) is 0.697.